The number of ether oxygens (including phenoxy) is 1. The van der Waals surface area contributed by atoms with Crippen molar-refractivity contribution in [3.8, 4) is 0 Å². The lowest BCUT2D eigenvalue weighted by atomic mass is 10.1. The van der Waals surface area contributed by atoms with Crippen LogP contribution in [-0.2, 0) is 10.5 Å². The summed E-state index contributed by atoms with van der Waals surface area (Å²) in [6.07, 6.45) is 3.82. The van der Waals surface area contributed by atoms with Crippen LogP contribution in [0.25, 0.3) is 0 Å². The summed E-state index contributed by atoms with van der Waals surface area (Å²) < 4.78 is 5.45. The molecule has 1 amide bonds. The minimum absolute atomic E-state index is 0.189. The first kappa shape index (κ1) is 16.1. The highest BCUT2D eigenvalue weighted by molar-refractivity contribution is 7.99. The fourth-order valence-corrected chi connectivity index (χ4v) is 3.45. The van der Waals surface area contributed by atoms with E-state index in [-0.39, 0.29) is 6.09 Å². The van der Waals surface area contributed by atoms with E-state index < -0.39 is 5.60 Å². The highest BCUT2D eigenvalue weighted by atomic mass is 32.2. The molecule has 0 unspecified atom stereocenters. The fraction of sp³-hybridized carbons (Fsp3) is 0.625. The molecule has 1 saturated heterocycles. The van der Waals surface area contributed by atoms with Crippen LogP contribution in [0.2, 0.25) is 0 Å². The number of piperidine rings is 1. The summed E-state index contributed by atoms with van der Waals surface area (Å²) in [6, 6.07) is 5.98. The third-order valence-corrected chi connectivity index (χ3v) is 4.54. The molecule has 0 N–H and O–H groups in total. The number of carbonyl (C=O) groups is 1. The molecule has 2 heterocycles. The van der Waals surface area contributed by atoms with Gasteiger partial charge in [-0.25, -0.2) is 4.79 Å². The fourth-order valence-electron chi connectivity index (χ4n) is 2.25. The number of hydrogen-bond acceptors (Lipinski definition) is 4. The zero-order chi connectivity index (χ0) is 15.3. The van der Waals surface area contributed by atoms with E-state index in [1.807, 2.05) is 61.8 Å². The normalized spacial score (nSPS) is 19.4. The van der Waals surface area contributed by atoms with Crippen LogP contribution >= 0.6 is 11.8 Å². The summed E-state index contributed by atoms with van der Waals surface area (Å²) >= 11 is 1.88. The predicted molar refractivity (Wildman–Crippen MR) is 86.4 cm³/mol. The quantitative estimate of drug-likeness (QED) is 0.853. The number of aromatic nitrogens is 1. The largest absolute Gasteiger partial charge is 0.444 e. The Hall–Kier alpha value is -1.23. The molecule has 0 aliphatic carbocycles. The number of likely N-dealkylation sites (tertiary alicyclic amines) is 1. The maximum Gasteiger partial charge on any atom is 0.410 e. The van der Waals surface area contributed by atoms with Crippen molar-refractivity contribution in [2.24, 2.45) is 0 Å². The molecule has 5 heteroatoms. The van der Waals surface area contributed by atoms with Crippen molar-refractivity contribution in [3.05, 3.63) is 30.1 Å². The molecule has 21 heavy (non-hydrogen) atoms. The first-order chi connectivity index (χ1) is 9.94. The molecule has 1 atom stereocenters. The highest BCUT2D eigenvalue weighted by Crippen LogP contribution is 2.26. The standard InChI is InChI=1S/C16H24N2O2S/c1-16(2,3)20-15(19)18-10-6-8-14(11-18)21-12-13-7-4-5-9-17-13/h4-5,7,9,14H,6,8,10-12H2,1-3H3/t14-/m0/s1. The van der Waals surface area contributed by atoms with E-state index in [1.54, 1.807) is 0 Å². The van der Waals surface area contributed by atoms with Gasteiger partial charge in [-0.3, -0.25) is 4.98 Å². The van der Waals surface area contributed by atoms with Crippen LogP contribution in [-0.4, -0.2) is 39.9 Å². The Labute approximate surface area is 131 Å². The maximum absolute atomic E-state index is 12.1. The van der Waals surface area contributed by atoms with Crippen molar-refractivity contribution < 1.29 is 9.53 Å². The summed E-state index contributed by atoms with van der Waals surface area (Å²) in [4.78, 5) is 18.3. The summed E-state index contributed by atoms with van der Waals surface area (Å²) in [6.45, 7) is 7.29. The average molecular weight is 308 g/mol. The molecule has 0 radical (unpaired) electrons. The van der Waals surface area contributed by atoms with Crippen LogP contribution in [0.15, 0.2) is 24.4 Å². The number of rotatable bonds is 3. The Bertz CT molecular complexity index is 459. The smallest absolute Gasteiger partial charge is 0.410 e. The highest BCUT2D eigenvalue weighted by Gasteiger charge is 2.27. The van der Waals surface area contributed by atoms with Gasteiger partial charge < -0.3 is 9.64 Å². The zero-order valence-corrected chi connectivity index (χ0v) is 13.9. The van der Waals surface area contributed by atoms with E-state index in [4.69, 9.17) is 4.74 Å². The van der Waals surface area contributed by atoms with E-state index in [2.05, 4.69) is 4.98 Å². The van der Waals surface area contributed by atoms with Gasteiger partial charge in [0.15, 0.2) is 0 Å². The van der Waals surface area contributed by atoms with E-state index >= 15 is 0 Å². The molecule has 116 valence electrons. The number of carbonyl (C=O) groups excluding carboxylic acids is 1. The molecule has 1 aromatic heterocycles. The van der Waals surface area contributed by atoms with Gasteiger partial charge >= 0.3 is 6.09 Å². The van der Waals surface area contributed by atoms with E-state index in [9.17, 15) is 4.79 Å². The second-order valence-electron chi connectivity index (χ2n) is 6.32. The Morgan fingerprint density at radius 2 is 2.29 bits per heavy atom. The number of thioether (sulfide) groups is 1. The van der Waals surface area contributed by atoms with E-state index in [0.29, 0.717) is 5.25 Å². The third-order valence-electron chi connectivity index (χ3n) is 3.22. The molecule has 1 fully saturated rings. The average Bonchev–Trinajstić information content (AvgIpc) is 2.45. The molecule has 0 spiro atoms. The topological polar surface area (TPSA) is 42.4 Å². The lowest BCUT2D eigenvalue weighted by Gasteiger charge is -2.33. The first-order valence-corrected chi connectivity index (χ1v) is 8.48. The summed E-state index contributed by atoms with van der Waals surface area (Å²) in [5, 5.41) is 0.466. The van der Waals surface area contributed by atoms with Crippen LogP contribution in [0.3, 0.4) is 0 Å². The Balaban J connectivity index is 1.82. The Kier molecular flexibility index (Phi) is 5.51. The minimum atomic E-state index is -0.425. The first-order valence-electron chi connectivity index (χ1n) is 7.43. The molecule has 0 saturated carbocycles. The number of amides is 1. The third kappa shape index (κ3) is 5.58. The maximum atomic E-state index is 12.1. The molecule has 0 bridgehead atoms. The summed E-state index contributed by atoms with van der Waals surface area (Å²) in [7, 11) is 0. The molecule has 1 aliphatic rings. The van der Waals surface area contributed by atoms with Gasteiger partial charge in [0.25, 0.3) is 0 Å². The van der Waals surface area contributed by atoms with Gasteiger partial charge in [0, 0.05) is 30.3 Å². The molecule has 0 aromatic carbocycles. The van der Waals surface area contributed by atoms with Gasteiger partial charge in [-0.15, -0.1) is 0 Å². The van der Waals surface area contributed by atoms with Crippen LogP contribution in [0, 0.1) is 0 Å². The number of hydrogen-bond donors (Lipinski definition) is 0. The van der Waals surface area contributed by atoms with Crippen LogP contribution in [0.5, 0.6) is 0 Å². The van der Waals surface area contributed by atoms with Gasteiger partial charge in [-0.05, 0) is 45.7 Å². The van der Waals surface area contributed by atoms with Crippen LogP contribution in [0.4, 0.5) is 4.79 Å². The van der Waals surface area contributed by atoms with Gasteiger partial charge in [-0.2, -0.15) is 11.8 Å². The van der Waals surface area contributed by atoms with Crippen LogP contribution in [0.1, 0.15) is 39.3 Å². The van der Waals surface area contributed by atoms with Crippen molar-refractivity contribution in [2.45, 2.75) is 50.2 Å². The van der Waals surface area contributed by atoms with Gasteiger partial charge in [0.05, 0.1) is 5.69 Å². The van der Waals surface area contributed by atoms with Crippen LogP contribution < -0.4 is 0 Å². The van der Waals surface area contributed by atoms with Crippen molar-refractivity contribution in [1.29, 1.82) is 0 Å². The molecular weight excluding hydrogens is 284 g/mol. The molecular formula is C16H24N2O2S. The predicted octanol–water partition coefficient (Wildman–Crippen LogP) is 3.71. The summed E-state index contributed by atoms with van der Waals surface area (Å²) in [5.74, 6) is 0.896. The Morgan fingerprint density at radius 1 is 1.48 bits per heavy atom. The summed E-state index contributed by atoms with van der Waals surface area (Å²) in [5.41, 5.74) is 0.669. The van der Waals surface area contributed by atoms with Crippen molar-refractivity contribution in [2.75, 3.05) is 13.1 Å². The minimum Gasteiger partial charge on any atom is -0.444 e. The SMILES string of the molecule is CC(C)(C)OC(=O)N1CCC[C@H](SCc2ccccn2)C1. The lowest BCUT2D eigenvalue weighted by Crippen LogP contribution is -2.43. The molecule has 4 nitrogen and oxygen atoms in total. The molecule has 1 aliphatic heterocycles. The van der Waals surface area contributed by atoms with Gasteiger partial charge in [0.2, 0.25) is 0 Å². The van der Waals surface area contributed by atoms with Crippen molar-refractivity contribution >= 4 is 17.9 Å². The number of nitrogens with zero attached hydrogens (tertiary/aromatic N) is 2. The monoisotopic (exact) mass is 308 g/mol. The number of pyridine rings is 1. The molecule has 1 aromatic rings. The second kappa shape index (κ2) is 7.16. The zero-order valence-electron chi connectivity index (χ0n) is 13.0. The van der Waals surface area contributed by atoms with Crippen molar-refractivity contribution in [1.82, 2.24) is 9.88 Å². The van der Waals surface area contributed by atoms with Gasteiger partial charge in [-0.1, -0.05) is 6.07 Å². The second-order valence-corrected chi connectivity index (χ2v) is 7.61. The van der Waals surface area contributed by atoms with Crippen molar-refractivity contribution in [3.63, 3.8) is 0 Å². The lowest BCUT2D eigenvalue weighted by molar-refractivity contribution is 0.0220. The van der Waals surface area contributed by atoms with E-state index in [1.165, 1.54) is 0 Å². The van der Waals surface area contributed by atoms with Gasteiger partial charge in [0.1, 0.15) is 5.60 Å². The Morgan fingerprint density at radius 3 is 2.95 bits per heavy atom. The molecule has 2 rings (SSSR count). The van der Waals surface area contributed by atoms with E-state index in [0.717, 1.165) is 37.4 Å².